The van der Waals surface area contributed by atoms with Gasteiger partial charge in [-0.2, -0.15) is 0 Å². The van der Waals surface area contributed by atoms with Crippen molar-refractivity contribution in [2.45, 2.75) is 19.9 Å². The molecular weight excluding hydrogens is 230 g/mol. The minimum atomic E-state index is -0.786. The van der Waals surface area contributed by atoms with Crippen LogP contribution in [0.1, 0.15) is 25.5 Å². The Kier molecular flexibility index (Phi) is 4.44. The molecule has 98 valence electrons. The van der Waals surface area contributed by atoms with Crippen molar-refractivity contribution in [1.29, 1.82) is 0 Å². The van der Waals surface area contributed by atoms with Crippen molar-refractivity contribution in [1.82, 2.24) is 5.32 Å². The monoisotopic (exact) mass is 249 g/mol. The highest BCUT2D eigenvalue weighted by Gasteiger charge is 2.26. The number of carbonyl (C=O) groups is 2. The molecule has 0 bridgehead atoms. The normalized spacial score (nSPS) is 12.8. The Morgan fingerprint density at radius 3 is 2.33 bits per heavy atom. The summed E-state index contributed by atoms with van der Waals surface area (Å²) >= 11 is 0. The maximum absolute atomic E-state index is 11.8. The van der Waals surface area contributed by atoms with Crippen LogP contribution in [0.4, 0.5) is 0 Å². The summed E-state index contributed by atoms with van der Waals surface area (Å²) in [5, 5.41) is 2.64. The lowest BCUT2D eigenvalue weighted by molar-refractivity contribution is -0.127. The third-order valence-electron chi connectivity index (χ3n) is 2.81. The van der Waals surface area contributed by atoms with E-state index in [0.717, 1.165) is 5.56 Å². The van der Waals surface area contributed by atoms with E-state index in [1.54, 1.807) is 26.0 Å². The van der Waals surface area contributed by atoms with Gasteiger partial charge in [0, 0.05) is 6.54 Å². The number of primary amides is 1. The molecule has 1 aromatic rings. The molecule has 0 aliphatic heterocycles. The first-order valence-corrected chi connectivity index (χ1v) is 5.73. The Hall–Kier alpha value is -1.88. The third kappa shape index (κ3) is 3.56. The van der Waals surface area contributed by atoms with Gasteiger partial charge in [-0.15, -0.1) is 0 Å². The molecule has 0 heterocycles. The standard InChI is InChI=1S/C13H19N3O2/c1-13(2,12(15)18)8-16-11(17)10(14)9-6-4-3-5-7-9/h3-7,10H,8,14H2,1-2H3,(H2,15,18)(H,16,17). The number of hydrogen-bond donors (Lipinski definition) is 3. The maximum Gasteiger partial charge on any atom is 0.241 e. The fourth-order valence-electron chi connectivity index (χ4n) is 1.32. The van der Waals surface area contributed by atoms with Gasteiger partial charge in [0.2, 0.25) is 11.8 Å². The van der Waals surface area contributed by atoms with E-state index in [4.69, 9.17) is 11.5 Å². The predicted molar refractivity (Wildman–Crippen MR) is 69.4 cm³/mol. The summed E-state index contributed by atoms with van der Waals surface area (Å²) in [5.74, 6) is -0.786. The fraction of sp³-hybridized carbons (Fsp3) is 0.385. The van der Waals surface area contributed by atoms with Crippen LogP contribution in [-0.4, -0.2) is 18.4 Å². The van der Waals surface area contributed by atoms with Gasteiger partial charge in [-0.25, -0.2) is 0 Å². The van der Waals surface area contributed by atoms with Crippen LogP contribution in [0.25, 0.3) is 0 Å². The first-order chi connectivity index (χ1) is 8.34. The van der Waals surface area contributed by atoms with E-state index in [9.17, 15) is 9.59 Å². The highest BCUT2D eigenvalue weighted by atomic mass is 16.2. The summed E-state index contributed by atoms with van der Waals surface area (Å²) in [6, 6.07) is 8.30. The molecule has 0 radical (unpaired) electrons. The van der Waals surface area contributed by atoms with Crippen molar-refractivity contribution in [2.24, 2.45) is 16.9 Å². The molecule has 0 aliphatic rings. The predicted octanol–water partition coefficient (Wildman–Crippen LogP) is 0.314. The van der Waals surface area contributed by atoms with E-state index < -0.39 is 17.4 Å². The molecule has 1 aromatic carbocycles. The Labute approximate surface area is 107 Å². The lowest BCUT2D eigenvalue weighted by Gasteiger charge is -2.22. The van der Waals surface area contributed by atoms with Gasteiger partial charge in [0.05, 0.1) is 5.41 Å². The number of amides is 2. The molecule has 1 atom stereocenters. The first-order valence-electron chi connectivity index (χ1n) is 5.73. The van der Waals surface area contributed by atoms with Gasteiger partial charge < -0.3 is 16.8 Å². The topological polar surface area (TPSA) is 98.2 Å². The Bertz CT molecular complexity index is 429. The highest BCUT2D eigenvalue weighted by Crippen LogP contribution is 2.14. The van der Waals surface area contributed by atoms with E-state index in [0.29, 0.717) is 0 Å². The number of hydrogen-bond acceptors (Lipinski definition) is 3. The maximum atomic E-state index is 11.8. The SMILES string of the molecule is CC(C)(CNC(=O)C(N)c1ccccc1)C(N)=O. The quantitative estimate of drug-likeness (QED) is 0.700. The lowest BCUT2D eigenvalue weighted by Crippen LogP contribution is -2.44. The molecule has 1 unspecified atom stereocenters. The van der Waals surface area contributed by atoms with Crippen LogP contribution >= 0.6 is 0 Å². The van der Waals surface area contributed by atoms with Crippen molar-refractivity contribution in [3.63, 3.8) is 0 Å². The number of nitrogens with one attached hydrogen (secondary N) is 1. The van der Waals surface area contributed by atoms with Crippen LogP contribution in [0.5, 0.6) is 0 Å². The van der Waals surface area contributed by atoms with Crippen LogP contribution in [0.3, 0.4) is 0 Å². The summed E-state index contributed by atoms with van der Waals surface area (Å²) in [7, 11) is 0. The number of rotatable bonds is 5. The molecule has 5 nitrogen and oxygen atoms in total. The van der Waals surface area contributed by atoms with Crippen LogP contribution in [0.2, 0.25) is 0 Å². The van der Waals surface area contributed by atoms with Gasteiger partial charge in [-0.05, 0) is 19.4 Å². The third-order valence-corrected chi connectivity index (χ3v) is 2.81. The highest BCUT2D eigenvalue weighted by molar-refractivity contribution is 5.85. The fourth-order valence-corrected chi connectivity index (χ4v) is 1.32. The van der Waals surface area contributed by atoms with Crippen LogP contribution in [0, 0.1) is 5.41 Å². The summed E-state index contributed by atoms with van der Waals surface area (Å²) in [6.45, 7) is 3.51. The zero-order valence-electron chi connectivity index (χ0n) is 10.6. The molecule has 0 spiro atoms. The second-order valence-corrected chi connectivity index (χ2v) is 4.85. The Balaban J connectivity index is 2.59. The van der Waals surface area contributed by atoms with E-state index in [1.165, 1.54) is 0 Å². The average Bonchev–Trinajstić information content (AvgIpc) is 2.36. The summed E-state index contributed by atoms with van der Waals surface area (Å²) in [6.07, 6.45) is 0. The van der Waals surface area contributed by atoms with Crippen molar-refractivity contribution in [2.75, 3.05) is 6.54 Å². The number of nitrogens with two attached hydrogens (primary N) is 2. The van der Waals surface area contributed by atoms with Gasteiger partial charge >= 0.3 is 0 Å². The minimum absolute atomic E-state index is 0.168. The molecule has 0 fully saturated rings. The van der Waals surface area contributed by atoms with Crippen LogP contribution in [0.15, 0.2) is 30.3 Å². The Morgan fingerprint density at radius 1 is 1.28 bits per heavy atom. The molecule has 0 aliphatic carbocycles. The molecule has 5 N–H and O–H groups in total. The average molecular weight is 249 g/mol. The number of carbonyl (C=O) groups excluding carboxylic acids is 2. The molecule has 18 heavy (non-hydrogen) atoms. The van der Waals surface area contributed by atoms with E-state index >= 15 is 0 Å². The molecule has 0 saturated carbocycles. The summed E-state index contributed by atoms with van der Waals surface area (Å²) in [4.78, 5) is 22.9. The van der Waals surface area contributed by atoms with Crippen LogP contribution in [-0.2, 0) is 9.59 Å². The zero-order chi connectivity index (χ0) is 13.8. The second kappa shape index (κ2) is 5.64. The van der Waals surface area contributed by atoms with Crippen molar-refractivity contribution < 1.29 is 9.59 Å². The van der Waals surface area contributed by atoms with Gasteiger partial charge in [0.15, 0.2) is 0 Å². The van der Waals surface area contributed by atoms with Crippen molar-refractivity contribution in [3.8, 4) is 0 Å². The minimum Gasteiger partial charge on any atom is -0.369 e. The molecule has 0 aromatic heterocycles. The van der Waals surface area contributed by atoms with Gasteiger partial charge in [-0.3, -0.25) is 9.59 Å². The zero-order valence-corrected chi connectivity index (χ0v) is 10.6. The van der Waals surface area contributed by atoms with Crippen molar-refractivity contribution >= 4 is 11.8 Å². The molecule has 2 amide bonds. The van der Waals surface area contributed by atoms with E-state index in [1.807, 2.05) is 18.2 Å². The summed E-state index contributed by atoms with van der Waals surface area (Å²) < 4.78 is 0. The number of benzene rings is 1. The lowest BCUT2D eigenvalue weighted by atomic mass is 9.92. The Morgan fingerprint density at radius 2 is 1.83 bits per heavy atom. The van der Waals surface area contributed by atoms with Gasteiger partial charge in [0.25, 0.3) is 0 Å². The van der Waals surface area contributed by atoms with E-state index in [2.05, 4.69) is 5.32 Å². The van der Waals surface area contributed by atoms with Crippen LogP contribution < -0.4 is 16.8 Å². The van der Waals surface area contributed by atoms with Gasteiger partial charge in [0.1, 0.15) is 6.04 Å². The smallest absolute Gasteiger partial charge is 0.241 e. The van der Waals surface area contributed by atoms with Gasteiger partial charge in [-0.1, -0.05) is 30.3 Å². The molecule has 0 saturated heterocycles. The summed E-state index contributed by atoms with van der Waals surface area (Å²) in [5.41, 5.74) is 11.0. The molecular formula is C13H19N3O2. The van der Waals surface area contributed by atoms with Crippen molar-refractivity contribution in [3.05, 3.63) is 35.9 Å². The first kappa shape index (κ1) is 14.2. The molecule has 1 rings (SSSR count). The molecule has 5 heteroatoms. The second-order valence-electron chi connectivity index (χ2n) is 4.85. The van der Waals surface area contributed by atoms with E-state index in [-0.39, 0.29) is 12.5 Å². The largest absolute Gasteiger partial charge is 0.369 e.